The summed E-state index contributed by atoms with van der Waals surface area (Å²) in [5.74, 6) is 1.00. The largest absolute Gasteiger partial charge is 0.496 e. The van der Waals surface area contributed by atoms with Gasteiger partial charge in [0.1, 0.15) is 12.3 Å². The number of hydrogen-bond acceptors (Lipinski definition) is 4. The van der Waals surface area contributed by atoms with Crippen molar-refractivity contribution >= 4 is 28.9 Å². The summed E-state index contributed by atoms with van der Waals surface area (Å²) in [7, 11) is 1.54. The van der Waals surface area contributed by atoms with Crippen LogP contribution in [0.3, 0.4) is 0 Å². The number of H-pyrrole nitrogens is 1. The minimum atomic E-state index is -0.222. The second-order valence-corrected chi connectivity index (χ2v) is 9.39. The smallest absolute Gasteiger partial charge is 0.258 e. The average Bonchev–Trinajstić information content (AvgIpc) is 3.30. The number of methoxy groups -OCH3 is 1. The van der Waals surface area contributed by atoms with Gasteiger partial charge in [0.2, 0.25) is 5.91 Å². The fourth-order valence-electron chi connectivity index (χ4n) is 3.48. The Labute approximate surface area is 220 Å². The van der Waals surface area contributed by atoms with E-state index in [4.69, 9.17) is 4.74 Å². The highest BCUT2D eigenvalue weighted by molar-refractivity contribution is 5.97. The molecule has 37 heavy (non-hydrogen) atoms. The summed E-state index contributed by atoms with van der Waals surface area (Å²) in [6, 6.07) is 16.9. The van der Waals surface area contributed by atoms with E-state index < -0.39 is 0 Å². The van der Waals surface area contributed by atoms with E-state index in [9.17, 15) is 9.59 Å². The van der Waals surface area contributed by atoms with Crippen molar-refractivity contribution in [2.45, 2.75) is 40.7 Å². The Morgan fingerprint density at radius 2 is 1.76 bits per heavy atom. The van der Waals surface area contributed by atoms with Crippen molar-refractivity contribution in [3.05, 3.63) is 78.0 Å². The quantitative estimate of drug-likeness (QED) is 0.283. The molecule has 7 heteroatoms. The third-order valence-corrected chi connectivity index (χ3v) is 5.28. The van der Waals surface area contributed by atoms with E-state index in [1.807, 2.05) is 62.4 Å². The molecule has 0 aliphatic rings. The standard InChI is InChI=1S/C26H30N4O3.C4H10/c1-4-5-14-30(26(32)22-11-7-9-13-24(22)33-3)19(2)16-28-25(31)18-27-17-21-15-20-10-6-8-12-23(20)29-21;1-4(2)3/h4-13,15,17,19,29H,14,16,18H2,1-3H3,(H,28,31);4H,1-3H3. The molecule has 0 aliphatic carbocycles. The van der Waals surface area contributed by atoms with Gasteiger partial charge in [-0.3, -0.25) is 14.6 Å². The fourth-order valence-corrected chi connectivity index (χ4v) is 3.48. The van der Waals surface area contributed by atoms with E-state index in [2.05, 4.69) is 36.1 Å². The Morgan fingerprint density at radius 1 is 1.08 bits per heavy atom. The van der Waals surface area contributed by atoms with E-state index in [1.165, 1.54) is 0 Å². The van der Waals surface area contributed by atoms with Crippen LogP contribution in [-0.2, 0) is 4.79 Å². The highest BCUT2D eigenvalue weighted by Gasteiger charge is 2.23. The topological polar surface area (TPSA) is 86.8 Å². The van der Waals surface area contributed by atoms with Crippen LogP contribution in [0.25, 0.3) is 10.9 Å². The summed E-state index contributed by atoms with van der Waals surface area (Å²) in [4.78, 5) is 34.7. The highest BCUT2D eigenvalue weighted by atomic mass is 16.5. The monoisotopic (exact) mass is 504 g/mol. The van der Waals surface area contributed by atoms with Gasteiger partial charge in [0.05, 0.1) is 18.4 Å². The number of nitrogens with zero attached hydrogens (tertiary/aromatic N) is 2. The number of aromatic amines is 1. The molecule has 1 atom stereocenters. The van der Waals surface area contributed by atoms with Crippen molar-refractivity contribution in [2.24, 2.45) is 10.9 Å². The fraction of sp³-hybridized carbons (Fsp3) is 0.367. The number of para-hydroxylation sites is 2. The van der Waals surface area contributed by atoms with Gasteiger partial charge < -0.3 is 19.9 Å². The molecule has 1 aromatic heterocycles. The van der Waals surface area contributed by atoms with Gasteiger partial charge in [-0.15, -0.1) is 0 Å². The zero-order chi connectivity index (χ0) is 27.2. The van der Waals surface area contributed by atoms with Crippen molar-refractivity contribution in [3.8, 4) is 5.75 Å². The lowest BCUT2D eigenvalue weighted by atomic mass is 10.1. The lowest BCUT2D eigenvalue weighted by Gasteiger charge is -2.29. The molecule has 7 nitrogen and oxygen atoms in total. The van der Waals surface area contributed by atoms with Crippen LogP contribution < -0.4 is 10.1 Å². The van der Waals surface area contributed by atoms with Crippen LogP contribution in [0.4, 0.5) is 0 Å². The molecule has 0 radical (unpaired) electrons. The summed E-state index contributed by atoms with van der Waals surface area (Å²) in [6.45, 7) is 11.1. The zero-order valence-electron chi connectivity index (χ0n) is 22.8. The number of aliphatic imine (C=N–C) groups is 1. The summed E-state index contributed by atoms with van der Waals surface area (Å²) in [5, 5.41) is 3.97. The van der Waals surface area contributed by atoms with Crippen LogP contribution in [0.2, 0.25) is 0 Å². The number of carbonyl (C=O) groups excluding carboxylic acids is 2. The molecule has 0 spiro atoms. The minimum Gasteiger partial charge on any atom is -0.496 e. The first-order valence-electron chi connectivity index (χ1n) is 12.7. The molecule has 0 saturated carbocycles. The average molecular weight is 505 g/mol. The zero-order valence-corrected chi connectivity index (χ0v) is 22.8. The summed E-state index contributed by atoms with van der Waals surface area (Å²) in [5.41, 5.74) is 2.36. The number of ether oxygens (including phenoxy) is 1. The Balaban J connectivity index is 0.00000112. The summed E-state index contributed by atoms with van der Waals surface area (Å²) in [6.07, 6.45) is 5.47. The predicted molar refractivity (Wildman–Crippen MR) is 153 cm³/mol. The van der Waals surface area contributed by atoms with Crippen LogP contribution in [0.5, 0.6) is 5.75 Å². The first kappa shape index (κ1) is 29.4. The number of nitrogens with one attached hydrogen (secondary N) is 2. The highest BCUT2D eigenvalue weighted by Crippen LogP contribution is 2.20. The third-order valence-electron chi connectivity index (χ3n) is 5.28. The molecular weight excluding hydrogens is 464 g/mol. The first-order chi connectivity index (χ1) is 17.8. The van der Waals surface area contributed by atoms with Gasteiger partial charge in [-0.05, 0) is 44.0 Å². The van der Waals surface area contributed by atoms with E-state index in [0.29, 0.717) is 24.4 Å². The van der Waals surface area contributed by atoms with Crippen molar-refractivity contribution in [2.75, 3.05) is 26.7 Å². The van der Waals surface area contributed by atoms with E-state index >= 15 is 0 Å². The van der Waals surface area contributed by atoms with Crippen molar-refractivity contribution < 1.29 is 14.3 Å². The molecule has 2 aromatic carbocycles. The van der Waals surface area contributed by atoms with Gasteiger partial charge in [-0.25, -0.2) is 0 Å². The third kappa shape index (κ3) is 9.60. The lowest BCUT2D eigenvalue weighted by molar-refractivity contribution is -0.119. The van der Waals surface area contributed by atoms with E-state index in [0.717, 1.165) is 22.5 Å². The SMILES string of the molecule is CC(C)C.CC=CCN(C(=O)c1ccccc1OC)C(C)CNC(=O)CN=Cc1cc2ccccc2[nH]1. The lowest BCUT2D eigenvalue weighted by Crippen LogP contribution is -2.46. The number of fused-ring (bicyclic) bond motifs is 1. The minimum absolute atomic E-state index is 0.0113. The Kier molecular flexibility index (Phi) is 12.1. The molecule has 3 rings (SSSR count). The Bertz CT molecular complexity index is 1160. The second kappa shape index (κ2) is 15.3. The van der Waals surface area contributed by atoms with Crippen LogP contribution in [0, 0.1) is 5.92 Å². The second-order valence-electron chi connectivity index (χ2n) is 9.39. The number of rotatable bonds is 10. The van der Waals surface area contributed by atoms with Crippen molar-refractivity contribution in [1.82, 2.24) is 15.2 Å². The molecule has 1 unspecified atom stereocenters. The van der Waals surface area contributed by atoms with Gasteiger partial charge in [0.15, 0.2) is 0 Å². The van der Waals surface area contributed by atoms with Gasteiger partial charge in [-0.1, -0.05) is 63.3 Å². The molecule has 198 valence electrons. The number of amides is 2. The van der Waals surface area contributed by atoms with Gasteiger partial charge in [0, 0.05) is 36.2 Å². The molecule has 0 saturated heterocycles. The van der Waals surface area contributed by atoms with Crippen molar-refractivity contribution in [3.63, 3.8) is 0 Å². The van der Waals surface area contributed by atoms with Gasteiger partial charge in [-0.2, -0.15) is 0 Å². The van der Waals surface area contributed by atoms with Crippen LogP contribution >= 0.6 is 0 Å². The number of allylic oxidation sites excluding steroid dienone is 1. The first-order valence-corrected chi connectivity index (χ1v) is 12.7. The summed E-state index contributed by atoms with van der Waals surface area (Å²) >= 11 is 0. The van der Waals surface area contributed by atoms with E-state index in [-0.39, 0.29) is 24.4 Å². The normalized spacial score (nSPS) is 12.0. The van der Waals surface area contributed by atoms with E-state index in [1.54, 1.807) is 36.4 Å². The summed E-state index contributed by atoms with van der Waals surface area (Å²) < 4.78 is 5.35. The molecule has 2 N–H and O–H groups in total. The molecule has 0 fully saturated rings. The molecule has 3 aromatic rings. The van der Waals surface area contributed by atoms with Crippen LogP contribution in [-0.4, -0.2) is 60.7 Å². The number of carbonyl (C=O) groups is 2. The number of aromatic nitrogens is 1. The van der Waals surface area contributed by atoms with Crippen LogP contribution in [0.15, 0.2) is 71.7 Å². The Morgan fingerprint density at radius 3 is 2.43 bits per heavy atom. The predicted octanol–water partition coefficient (Wildman–Crippen LogP) is 5.48. The maximum Gasteiger partial charge on any atom is 0.258 e. The number of benzene rings is 2. The maximum absolute atomic E-state index is 13.2. The Hall–Kier alpha value is -3.87. The van der Waals surface area contributed by atoms with Gasteiger partial charge in [0.25, 0.3) is 5.91 Å². The van der Waals surface area contributed by atoms with Crippen LogP contribution in [0.1, 0.15) is 50.7 Å². The molecule has 2 amide bonds. The number of hydrogen-bond donors (Lipinski definition) is 2. The maximum atomic E-state index is 13.2. The van der Waals surface area contributed by atoms with Crippen molar-refractivity contribution in [1.29, 1.82) is 0 Å². The molecular formula is C30H40N4O3. The molecule has 0 bridgehead atoms. The molecule has 1 heterocycles. The van der Waals surface area contributed by atoms with Gasteiger partial charge >= 0.3 is 0 Å². The molecule has 0 aliphatic heterocycles.